The summed E-state index contributed by atoms with van der Waals surface area (Å²) >= 11 is 1.65. The van der Waals surface area contributed by atoms with Crippen molar-refractivity contribution >= 4 is 27.3 Å². The summed E-state index contributed by atoms with van der Waals surface area (Å²) in [6.45, 7) is 4.58. The normalized spacial score (nSPS) is 31.5. The molecule has 5 heterocycles. The van der Waals surface area contributed by atoms with Crippen LogP contribution in [-0.2, 0) is 0 Å². The Hall–Kier alpha value is -1.46. The van der Waals surface area contributed by atoms with Crippen LogP contribution in [0.15, 0.2) is 23.7 Å². The third-order valence-electron chi connectivity index (χ3n) is 5.05. The minimum atomic E-state index is -0.0316. The zero-order chi connectivity index (χ0) is 14.4. The summed E-state index contributed by atoms with van der Waals surface area (Å²) in [5, 5.41) is 6.37. The molecule has 0 aromatic carbocycles. The van der Waals surface area contributed by atoms with E-state index in [0.717, 1.165) is 10.1 Å². The smallest absolute Gasteiger partial charge is 0.270 e. The summed E-state index contributed by atoms with van der Waals surface area (Å²) in [4.78, 5) is 19.3. The lowest BCUT2D eigenvalue weighted by atomic mass is 9.79. The van der Waals surface area contributed by atoms with Crippen LogP contribution in [0.2, 0.25) is 0 Å². The van der Waals surface area contributed by atoms with E-state index in [-0.39, 0.29) is 11.9 Å². The highest BCUT2D eigenvalue weighted by atomic mass is 32.1. The zero-order valence-electron chi connectivity index (χ0n) is 12.1. The van der Waals surface area contributed by atoms with Crippen molar-refractivity contribution in [3.63, 3.8) is 0 Å². The number of carbonyl (C=O) groups excluding carboxylic acids is 1. The van der Waals surface area contributed by atoms with Crippen LogP contribution in [0.3, 0.4) is 0 Å². The Morgan fingerprint density at radius 3 is 3.00 bits per heavy atom. The molecule has 2 atom stereocenters. The highest BCUT2D eigenvalue weighted by Gasteiger charge is 2.40. The van der Waals surface area contributed by atoms with Gasteiger partial charge < -0.3 is 5.32 Å². The van der Waals surface area contributed by atoms with Crippen molar-refractivity contribution in [3.8, 4) is 0 Å². The zero-order valence-corrected chi connectivity index (χ0v) is 12.9. The summed E-state index contributed by atoms with van der Waals surface area (Å²) in [7, 11) is 0. The van der Waals surface area contributed by atoms with E-state index in [1.54, 1.807) is 17.5 Å². The van der Waals surface area contributed by atoms with Crippen LogP contribution in [0, 0.1) is 5.92 Å². The molecule has 0 radical (unpaired) electrons. The van der Waals surface area contributed by atoms with Crippen molar-refractivity contribution in [1.29, 1.82) is 0 Å². The number of amides is 1. The maximum absolute atomic E-state index is 12.5. The van der Waals surface area contributed by atoms with E-state index in [2.05, 4.69) is 22.1 Å². The van der Waals surface area contributed by atoms with E-state index < -0.39 is 0 Å². The molecule has 1 amide bonds. The largest absolute Gasteiger partial charge is 0.346 e. The molecule has 4 nitrogen and oxygen atoms in total. The predicted octanol–water partition coefficient (Wildman–Crippen LogP) is 2.51. The van der Waals surface area contributed by atoms with Gasteiger partial charge in [-0.15, -0.1) is 11.3 Å². The van der Waals surface area contributed by atoms with E-state index in [4.69, 9.17) is 0 Å². The van der Waals surface area contributed by atoms with Gasteiger partial charge in [-0.05, 0) is 56.3 Å². The molecule has 110 valence electrons. The molecule has 1 N–H and O–H groups in total. The standard InChI is InChI=1S/C16H19N3OS/c1-10-15(11-2-5-19(10)6-3-11)18-16(20)13-8-14-12(9-17-13)4-7-21-14/h4,7-11,15H,2-3,5-6H2,1H3,(H,18,20)/t10-,15-/m0/s1. The first kappa shape index (κ1) is 13.2. The summed E-state index contributed by atoms with van der Waals surface area (Å²) in [6, 6.07) is 4.64. The van der Waals surface area contributed by atoms with Crippen LogP contribution in [0.1, 0.15) is 30.3 Å². The third-order valence-corrected chi connectivity index (χ3v) is 5.93. The van der Waals surface area contributed by atoms with Crippen LogP contribution in [0.25, 0.3) is 10.1 Å². The molecule has 5 rings (SSSR count). The predicted molar refractivity (Wildman–Crippen MR) is 84.6 cm³/mol. The van der Waals surface area contributed by atoms with E-state index in [1.807, 2.05) is 17.5 Å². The minimum absolute atomic E-state index is 0.0316. The molecular formula is C16H19N3OS. The molecule has 2 bridgehead atoms. The monoisotopic (exact) mass is 301 g/mol. The number of rotatable bonds is 2. The SMILES string of the molecule is C[C@H]1[C@H](NC(=O)c2cc3sccc3cn2)C2CCN1CC2. The minimum Gasteiger partial charge on any atom is -0.346 e. The lowest BCUT2D eigenvalue weighted by Crippen LogP contribution is -2.62. The maximum Gasteiger partial charge on any atom is 0.270 e. The Kier molecular flexibility index (Phi) is 3.19. The molecule has 3 fully saturated rings. The van der Waals surface area contributed by atoms with Gasteiger partial charge in [-0.25, -0.2) is 0 Å². The first-order chi connectivity index (χ1) is 10.2. The van der Waals surface area contributed by atoms with Crippen molar-refractivity contribution in [2.24, 2.45) is 5.92 Å². The van der Waals surface area contributed by atoms with Crippen LogP contribution >= 0.6 is 11.3 Å². The quantitative estimate of drug-likeness (QED) is 0.927. The van der Waals surface area contributed by atoms with Gasteiger partial charge in [0, 0.05) is 28.4 Å². The molecule has 0 aliphatic carbocycles. The second-order valence-corrected chi connectivity index (χ2v) is 7.09. The molecule has 3 aliphatic rings. The molecule has 0 saturated carbocycles. The number of piperidine rings is 3. The Bertz CT molecular complexity index is 673. The van der Waals surface area contributed by atoms with E-state index in [9.17, 15) is 4.79 Å². The topological polar surface area (TPSA) is 45.2 Å². The molecule has 2 aromatic heterocycles. The van der Waals surface area contributed by atoms with Gasteiger partial charge in [0.05, 0.1) is 0 Å². The molecule has 0 spiro atoms. The number of hydrogen-bond acceptors (Lipinski definition) is 4. The first-order valence-electron chi connectivity index (χ1n) is 7.60. The number of aromatic nitrogens is 1. The number of carbonyl (C=O) groups is 1. The van der Waals surface area contributed by atoms with Gasteiger partial charge >= 0.3 is 0 Å². The van der Waals surface area contributed by atoms with Crippen LogP contribution < -0.4 is 5.32 Å². The van der Waals surface area contributed by atoms with Gasteiger partial charge in [0.2, 0.25) is 0 Å². The Labute approximate surface area is 128 Å². The first-order valence-corrected chi connectivity index (χ1v) is 8.48. The summed E-state index contributed by atoms with van der Waals surface area (Å²) in [6.07, 6.45) is 4.19. The van der Waals surface area contributed by atoms with Crippen LogP contribution in [0.4, 0.5) is 0 Å². The molecule has 5 heteroatoms. The van der Waals surface area contributed by atoms with E-state index >= 15 is 0 Å². The second-order valence-electron chi connectivity index (χ2n) is 6.14. The number of nitrogens with one attached hydrogen (secondary N) is 1. The fourth-order valence-electron chi connectivity index (χ4n) is 3.75. The molecular weight excluding hydrogens is 282 g/mol. The lowest BCUT2D eigenvalue weighted by Gasteiger charge is -2.49. The fraction of sp³-hybridized carbons (Fsp3) is 0.500. The summed E-state index contributed by atoms with van der Waals surface area (Å²) in [5.74, 6) is 0.593. The van der Waals surface area contributed by atoms with Crippen LogP contribution in [-0.4, -0.2) is 41.0 Å². The van der Waals surface area contributed by atoms with Crippen molar-refractivity contribution in [3.05, 3.63) is 29.4 Å². The van der Waals surface area contributed by atoms with Crippen molar-refractivity contribution in [2.45, 2.75) is 31.8 Å². The van der Waals surface area contributed by atoms with Gasteiger partial charge in [0.1, 0.15) is 5.69 Å². The highest BCUT2D eigenvalue weighted by Crippen LogP contribution is 2.32. The van der Waals surface area contributed by atoms with Gasteiger partial charge in [-0.1, -0.05) is 0 Å². The van der Waals surface area contributed by atoms with Crippen molar-refractivity contribution < 1.29 is 4.79 Å². The van der Waals surface area contributed by atoms with Gasteiger partial charge in [0.15, 0.2) is 0 Å². The van der Waals surface area contributed by atoms with Crippen molar-refractivity contribution in [2.75, 3.05) is 13.1 Å². The van der Waals surface area contributed by atoms with Gasteiger partial charge in [-0.3, -0.25) is 14.7 Å². The maximum atomic E-state index is 12.5. The molecule has 2 aromatic rings. The summed E-state index contributed by atoms with van der Waals surface area (Å²) < 4.78 is 1.12. The highest BCUT2D eigenvalue weighted by molar-refractivity contribution is 7.17. The Morgan fingerprint density at radius 2 is 2.24 bits per heavy atom. The molecule has 0 unspecified atom stereocenters. The number of fused-ring (bicyclic) bond motifs is 4. The Morgan fingerprint density at radius 1 is 1.43 bits per heavy atom. The number of pyridine rings is 1. The van der Waals surface area contributed by atoms with Gasteiger partial charge in [-0.2, -0.15) is 0 Å². The molecule has 3 saturated heterocycles. The second kappa shape index (κ2) is 5.07. The Balaban J connectivity index is 1.54. The third kappa shape index (κ3) is 2.24. The van der Waals surface area contributed by atoms with Crippen molar-refractivity contribution in [1.82, 2.24) is 15.2 Å². The fourth-order valence-corrected chi connectivity index (χ4v) is 4.55. The van der Waals surface area contributed by atoms with E-state index in [1.165, 1.54) is 25.9 Å². The van der Waals surface area contributed by atoms with Gasteiger partial charge in [0.25, 0.3) is 5.91 Å². The lowest BCUT2D eigenvalue weighted by molar-refractivity contribution is 0.0216. The molecule has 21 heavy (non-hydrogen) atoms. The summed E-state index contributed by atoms with van der Waals surface area (Å²) in [5.41, 5.74) is 0.536. The average Bonchev–Trinajstić information content (AvgIpc) is 2.98. The average molecular weight is 301 g/mol. The number of hydrogen-bond donors (Lipinski definition) is 1. The molecule has 3 aliphatic heterocycles. The number of thiophene rings is 1. The van der Waals surface area contributed by atoms with E-state index in [0.29, 0.717) is 17.7 Å². The van der Waals surface area contributed by atoms with Crippen LogP contribution in [0.5, 0.6) is 0 Å². The number of nitrogens with zero attached hydrogens (tertiary/aromatic N) is 2.